The van der Waals surface area contributed by atoms with Crippen LogP contribution in [-0.4, -0.2) is 55.7 Å². The Bertz CT molecular complexity index is 347. The predicted molar refractivity (Wildman–Crippen MR) is 64.3 cm³/mol. The molecule has 1 heterocycles. The third-order valence-corrected chi connectivity index (χ3v) is 4.97. The summed E-state index contributed by atoms with van der Waals surface area (Å²) in [5, 5.41) is 11.7. The molecule has 1 saturated heterocycles. The first kappa shape index (κ1) is 14.4. The number of carbonyl (C=O) groups is 1. The first-order valence-electron chi connectivity index (χ1n) is 5.81. The zero-order valence-electron chi connectivity index (χ0n) is 10.1. The molecule has 0 aromatic carbocycles. The maximum Gasteiger partial charge on any atom is 0.304 e. The van der Waals surface area contributed by atoms with Gasteiger partial charge in [0.1, 0.15) is 0 Å². The van der Waals surface area contributed by atoms with Gasteiger partial charge in [-0.3, -0.25) is 4.79 Å². The summed E-state index contributed by atoms with van der Waals surface area (Å²) in [7, 11) is -1.90. The molecule has 2 N–H and O–H groups in total. The minimum absolute atomic E-state index is 0.0104. The van der Waals surface area contributed by atoms with Crippen LogP contribution in [0.5, 0.6) is 0 Å². The van der Waals surface area contributed by atoms with Gasteiger partial charge in [0.15, 0.2) is 0 Å². The number of nitrogens with one attached hydrogen (secondary N) is 1. The summed E-state index contributed by atoms with van der Waals surface area (Å²) >= 11 is 0. The number of aliphatic carboxylic acids is 1. The monoisotopic (exact) mass is 264 g/mol. The van der Waals surface area contributed by atoms with Crippen molar-refractivity contribution in [3.05, 3.63) is 0 Å². The molecular formula is C10H20N2O4S. The van der Waals surface area contributed by atoms with E-state index in [1.54, 1.807) is 7.05 Å². The van der Waals surface area contributed by atoms with Crippen molar-refractivity contribution < 1.29 is 18.3 Å². The zero-order chi connectivity index (χ0) is 12.9. The van der Waals surface area contributed by atoms with Crippen molar-refractivity contribution in [1.82, 2.24) is 9.62 Å². The summed E-state index contributed by atoms with van der Waals surface area (Å²) in [6, 6.07) is -0.0104. The van der Waals surface area contributed by atoms with Gasteiger partial charge in [0.25, 0.3) is 0 Å². The van der Waals surface area contributed by atoms with Crippen LogP contribution in [0, 0.1) is 0 Å². The summed E-state index contributed by atoms with van der Waals surface area (Å²) in [4.78, 5) is 10.4. The van der Waals surface area contributed by atoms with Gasteiger partial charge in [-0.15, -0.1) is 0 Å². The van der Waals surface area contributed by atoms with E-state index in [4.69, 9.17) is 5.11 Å². The van der Waals surface area contributed by atoms with E-state index >= 15 is 0 Å². The van der Waals surface area contributed by atoms with Crippen LogP contribution in [0.1, 0.15) is 25.7 Å². The largest absolute Gasteiger partial charge is 0.481 e. The minimum Gasteiger partial charge on any atom is -0.481 e. The van der Waals surface area contributed by atoms with E-state index in [2.05, 4.69) is 5.32 Å². The predicted octanol–water partition coefficient (Wildman–Crippen LogP) is -0.135. The van der Waals surface area contributed by atoms with E-state index in [9.17, 15) is 13.2 Å². The molecule has 7 heteroatoms. The number of hydrogen-bond acceptors (Lipinski definition) is 4. The van der Waals surface area contributed by atoms with E-state index < -0.39 is 16.0 Å². The molecule has 0 bridgehead atoms. The summed E-state index contributed by atoms with van der Waals surface area (Å²) in [5.41, 5.74) is 0. The highest BCUT2D eigenvalue weighted by Crippen LogP contribution is 2.16. The molecule has 0 aromatic rings. The molecule has 1 fully saturated rings. The van der Waals surface area contributed by atoms with Crippen molar-refractivity contribution in [2.45, 2.75) is 31.7 Å². The Balaban J connectivity index is 2.59. The fraction of sp³-hybridized carbons (Fsp3) is 0.900. The number of nitrogens with zero attached hydrogens (tertiary/aromatic N) is 1. The fourth-order valence-electron chi connectivity index (χ4n) is 1.95. The van der Waals surface area contributed by atoms with Crippen molar-refractivity contribution >= 4 is 16.0 Å². The lowest BCUT2D eigenvalue weighted by Crippen LogP contribution is -2.39. The standard InChI is InChI=1S/C10H20N2O4S/c1-12(9-3-2-6-11-7-4-9)17(15,16)8-5-10(13)14/h9,11H,2-8H2,1H3,(H,13,14). The van der Waals surface area contributed by atoms with Crippen LogP contribution in [0.15, 0.2) is 0 Å². The van der Waals surface area contributed by atoms with E-state index in [0.717, 1.165) is 32.4 Å². The van der Waals surface area contributed by atoms with Crippen molar-refractivity contribution in [2.75, 3.05) is 25.9 Å². The summed E-state index contributed by atoms with van der Waals surface area (Å²) < 4.78 is 25.1. The van der Waals surface area contributed by atoms with Gasteiger partial charge in [-0.25, -0.2) is 12.7 Å². The molecule has 1 rings (SSSR count). The highest BCUT2D eigenvalue weighted by molar-refractivity contribution is 7.89. The summed E-state index contributed by atoms with van der Waals surface area (Å²) in [6.07, 6.45) is 2.22. The lowest BCUT2D eigenvalue weighted by Gasteiger charge is -2.25. The van der Waals surface area contributed by atoms with Gasteiger partial charge >= 0.3 is 5.97 Å². The first-order valence-corrected chi connectivity index (χ1v) is 7.42. The quantitative estimate of drug-likeness (QED) is 0.722. The Morgan fingerprint density at radius 2 is 2.12 bits per heavy atom. The summed E-state index contributed by atoms with van der Waals surface area (Å²) in [5.74, 6) is -1.40. The third-order valence-electron chi connectivity index (χ3n) is 3.07. The zero-order valence-corrected chi connectivity index (χ0v) is 10.9. The molecule has 1 unspecified atom stereocenters. The highest BCUT2D eigenvalue weighted by Gasteiger charge is 2.27. The van der Waals surface area contributed by atoms with Crippen molar-refractivity contribution in [2.24, 2.45) is 0 Å². The third kappa shape index (κ3) is 4.61. The maximum absolute atomic E-state index is 11.9. The molecule has 100 valence electrons. The van der Waals surface area contributed by atoms with Crippen LogP contribution in [0.2, 0.25) is 0 Å². The van der Waals surface area contributed by atoms with Crippen molar-refractivity contribution in [1.29, 1.82) is 0 Å². The molecule has 1 atom stereocenters. The first-order chi connectivity index (χ1) is 7.93. The molecule has 1 aliphatic rings. The molecule has 0 amide bonds. The van der Waals surface area contributed by atoms with Gasteiger partial charge in [-0.2, -0.15) is 0 Å². The Labute approximate surface area is 102 Å². The molecule has 0 radical (unpaired) electrons. The number of sulfonamides is 1. The van der Waals surface area contributed by atoms with Crippen molar-refractivity contribution in [3.63, 3.8) is 0 Å². The van der Waals surface area contributed by atoms with E-state index in [-0.39, 0.29) is 18.2 Å². The lowest BCUT2D eigenvalue weighted by atomic mass is 10.1. The van der Waals surface area contributed by atoms with Gasteiger partial charge in [0.05, 0.1) is 12.2 Å². The molecule has 0 aliphatic carbocycles. The molecule has 1 aliphatic heterocycles. The Hall–Kier alpha value is -0.660. The van der Waals surface area contributed by atoms with E-state index in [1.165, 1.54) is 4.31 Å². The average Bonchev–Trinajstić information content (AvgIpc) is 2.54. The van der Waals surface area contributed by atoms with Crippen molar-refractivity contribution in [3.8, 4) is 0 Å². The van der Waals surface area contributed by atoms with Crippen LogP contribution < -0.4 is 5.32 Å². The number of carboxylic acids is 1. The Kier molecular flexibility index (Phi) is 5.35. The maximum atomic E-state index is 11.9. The topological polar surface area (TPSA) is 86.7 Å². The van der Waals surface area contributed by atoms with E-state index in [0.29, 0.717) is 0 Å². The van der Waals surface area contributed by atoms with Gasteiger partial charge in [-0.05, 0) is 32.4 Å². The molecular weight excluding hydrogens is 244 g/mol. The Morgan fingerprint density at radius 3 is 2.76 bits per heavy atom. The average molecular weight is 264 g/mol. The fourth-order valence-corrected chi connectivity index (χ4v) is 3.34. The molecule has 0 spiro atoms. The van der Waals surface area contributed by atoms with Gasteiger partial charge in [-0.1, -0.05) is 0 Å². The second kappa shape index (κ2) is 6.32. The van der Waals surface area contributed by atoms with E-state index in [1.807, 2.05) is 0 Å². The van der Waals surface area contributed by atoms with Gasteiger partial charge < -0.3 is 10.4 Å². The molecule has 0 aromatic heterocycles. The number of carboxylic acid groups (broad SMARTS) is 1. The highest BCUT2D eigenvalue weighted by atomic mass is 32.2. The minimum atomic E-state index is -3.45. The van der Waals surface area contributed by atoms with Crippen LogP contribution in [0.25, 0.3) is 0 Å². The van der Waals surface area contributed by atoms with Crippen LogP contribution >= 0.6 is 0 Å². The molecule has 0 saturated carbocycles. The second-order valence-corrected chi connectivity index (χ2v) is 6.46. The van der Waals surface area contributed by atoms with Crippen LogP contribution in [-0.2, 0) is 14.8 Å². The normalized spacial score (nSPS) is 22.4. The SMILES string of the molecule is CN(C1CCCNCC1)S(=O)(=O)CCC(=O)O. The Morgan fingerprint density at radius 1 is 1.41 bits per heavy atom. The lowest BCUT2D eigenvalue weighted by molar-refractivity contribution is -0.136. The second-order valence-electron chi connectivity index (χ2n) is 4.31. The number of hydrogen-bond donors (Lipinski definition) is 2. The number of rotatable bonds is 5. The summed E-state index contributed by atoms with van der Waals surface area (Å²) in [6.45, 7) is 1.73. The van der Waals surface area contributed by atoms with Gasteiger partial charge in [0, 0.05) is 13.1 Å². The van der Waals surface area contributed by atoms with Crippen LogP contribution in [0.4, 0.5) is 0 Å². The molecule has 17 heavy (non-hydrogen) atoms. The molecule has 6 nitrogen and oxygen atoms in total. The smallest absolute Gasteiger partial charge is 0.304 e. The van der Waals surface area contributed by atoms with Crippen LogP contribution in [0.3, 0.4) is 0 Å². The van der Waals surface area contributed by atoms with Gasteiger partial charge in [0.2, 0.25) is 10.0 Å².